The van der Waals surface area contributed by atoms with E-state index in [0.717, 1.165) is 9.64 Å². The Morgan fingerprint density at radius 1 is 1.33 bits per heavy atom. The van der Waals surface area contributed by atoms with E-state index in [1.54, 1.807) is 6.07 Å². The molecule has 0 amide bonds. The van der Waals surface area contributed by atoms with Crippen molar-refractivity contribution in [3.63, 3.8) is 0 Å². The van der Waals surface area contributed by atoms with E-state index in [2.05, 4.69) is 32.6 Å². The minimum absolute atomic E-state index is 0.177. The Morgan fingerprint density at radius 2 is 2.10 bits per heavy atom. The molecule has 4 nitrogen and oxygen atoms in total. The maximum Gasteiger partial charge on any atom is 0.338 e. The number of benzene rings is 2. The predicted octanol–water partition coefficient (Wildman–Crippen LogP) is 4.33. The Morgan fingerprint density at radius 3 is 2.76 bits per heavy atom. The lowest BCUT2D eigenvalue weighted by Crippen LogP contribution is -1.98. The van der Waals surface area contributed by atoms with Gasteiger partial charge >= 0.3 is 5.97 Å². The van der Waals surface area contributed by atoms with Crippen molar-refractivity contribution in [2.75, 3.05) is 0 Å². The molecule has 0 radical (unpaired) electrons. The fourth-order valence-electron chi connectivity index (χ4n) is 2.03. The van der Waals surface area contributed by atoms with Gasteiger partial charge in [0.2, 0.25) is 0 Å². The number of carbonyl (C=O) groups is 1. The molecule has 1 heterocycles. The Bertz CT molecular complexity index is 879. The van der Waals surface area contributed by atoms with Crippen LogP contribution in [0.25, 0.3) is 22.4 Å². The molecule has 0 aliphatic rings. The largest absolute Gasteiger partial charge is 0.478 e. The molecule has 0 saturated heterocycles. The van der Waals surface area contributed by atoms with Crippen LogP contribution in [0.4, 0.5) is 4.39 Å². The van der Waals surface area contributed by atoms with Crippen LogP contribution < -0.4 is 0 Å². The molecule has 0 spiro atoms. The minimum atomic E-state index is -1.22. The second-order valence-corrected chi connectivity index (χ2v) is 5.94. The number of imidazole rings is 1. The van der Waals surface area contributed by atoms with E-state index in [-0.39, 0.29) is 11.1 Å². The number of carboxylic acid groups (broad SMARTS) is 1. The summed E-state index contributed by atoms with van der Waals surface area (Å²) in [4.78, 5) is 18.3. The molecule has 2 aromatic carbocycles. The van der Waals surface area contributed by atoms with Crippen molar-refractivity contribution in [3.8, 4) is 11.4 Å². The number of rotatable bonds is 2. The number of aromatic amines is 1. The highest BCUT2D eigenvalue weighted by Gasteiger charge is 2.16. The fourth-order valence-corrected chi connectivity index (χ4v) is 2.54. The topological polar surface area (TPSA) is 66.0 Å². The summed E-state index contributed by atoms with van der Waals surface area (Å²) in [6.45, 7) is 0. The quantitative estimate of drug-likeness (QED) is 0.611. The maximum absolute atomic E-state index is 13.5. The number of hydrogen-bond acceptors (Lipinski definition) is 2. The van der Waals surface area contributed by atoms with Gasteiger partial charge < -0.3 is 10.1 Å². The van der Waals surface area contributed by atoms with Crippen molar-refractivity contribution in [3.05, 3.63) is 50.3 Å². The first-order chi connectivity index (χ1) is 9.95. The number of aromatic nitrogens is 2. The molecule has 1 aromatic heterocycles. The number of carboxylic acids is 1. The number of nitrogens with zero attached hydrogens (tertiary/aromatic N) is 1. The highest BCUT2D eigenvalue weighted by atomic mass is 127. The molecule has 0 bridgehead atoms. The third kappa shape index (κ3) is 2.60. The Balaban J connectivity index is 2.23. The summed E-state index contributed by atoms with van der Waals surface area (Å²) in [6.07, 6.45) is 0. The van der Waals surface area contributed by atoms with Crippen molar-refractivity contribution < 1.29 is 14.3 Å². The van der Waals surface area contributed by atoms with Crippen LogP contribution >= 0.6 is 34.2 Å². The third-order valence-electron chi connectivity index (χ3n) is 2.97. The molecule has 0 saturated carbocycles. The highest BCUT2D eigenvalue weighted by molar-refractivity contribution is 14.1. The minimum Gasteiger partial charge on any atom is -0.478 e. The van der Waals surface area contributed by atoms with Crippen molar-refractivity contribution >= 4 is 51.2 Å². The van der Waals surface area contributed by atoms with E-state index >= 15 is 0 Å². The molecular weight excluding hydrogens is 410 g/mol. The van der Waals surface area contributed by atoms with Crippen molar-refractivity contribution in [2.24, 2.45) is 0 Å². The number of aromatic carboxylic acids is 1. The Kier molecular flexibility index (Phi) is 3.58. The lowest BCUT2D eigenvalue weighted by molar-refractivity contribution is 0.0698. The smallest absolute Gasteiger partial charge is 0.338 e. The van der Waals surface area contributed by atoms with Crippen molar-refractivity contribution in [2.45, 2.75) is 0 Å². The average molecular weight is 417 g/mol. The molecule has 0 aliphatic heterocycles. The van der Waals surface area contributed by atoms with Crippen molar-refractivity contribution in [1.29, 1.82) is 0 Å². The molecule has 106 valence electrons. The van der Waals surface area contributed by atoms with E-state index in [0.29, 0.717) is 21.9 Å². The van der Waals surface area contributed by atoms with Gasteiger partial charge in [-0.25, -0.2) is 14.2 Å². The zero-order valence-electron chi connectivity index (χ0n) is 10.3. The van der Waals surface area contributed by atoms with Crippen LogP contribution in [0.5, 0.6) is 0 Å². The van der Waals surface area contributed by atoms with E-state index in [4.69, 9.17) is 16.7 Å². The zero-order chi connectivity index (χ0) is 15.1. The van der Waals surface area contributed by atoms with E-state index in [1.165, 1.54) is 6.07 Å². The second kappa shape index (κ2) is 5.27. The monoisotopic (exact) mass is 416 g/mol. The van der Waals surface area contributed by atoms with Crippen LogP contribution in [-0.2, 0) is 0 Å². The molecule has 3 rings (SSSR count). The van der Waals surface area contributed by atoms with Gasteiger partial charge in [-0.3, -0.25) is 0 Å². The van der Waals surface area contributed by atoms with Crippen LogP contribution in [0.3, 0.4) is 0 Å². The van der Waals surface area contributed by atoms with Crippen LogP contribution in [0.2, 0.25) is 5.02 Å². The molecule has 0 atom stereocenters. The summed E-state index contributed by atoms with van der Waals surface area (Å²) < 4.78 is 14.3. The van der Waals surface area contributed by atoms with Gasteiger partial charge in [0.05, 0.1) is 16.1 Å². The SMILES string of the molecule is O=C(O)c1cc(F)cc2[nH]c(-c3ccc(I)c(Cl)c3)nc12. The van der Waals surface area contributed by atoms with Gasteiger partial charge in [0, 0.05) is 9.13 Å². The third-order valence-corrected chi connectivity index (χ3v) is 4.55. The lowest BCUT2D eigenvalue weighted by Gasteiger charge is -1.99. The Labute approximate surface area is 137 Å². The average Bonchev–Trinajstić information content (AvgIpc) is 2.84. The summed E-state index contributed by atoms with van der Waals surface area (Å²) in [7, 11) is 0. The molecule has 0 unspecified atom stereocenters. The first-order valence-electron chi connectivity index (χ1n) is 5.83. The molecule has 21 heavy (non-hydrogen) atoms. The molecule has 0 aliphatic carbocycles. The van der Waals surface area contributed by atoms with Crippen LogP contribution in [-0.4, -0.2) is 21.0 Å². The van der Waals surface area contributed by atoms with Crippen LogP contribution in [0.15, 0.2) is 30.3 Å². The van der Waals surface area contributed by atoms with E-state index < -0.39 is 11.8 Å². The molecule has 7 heteroatoms. The highest BCUT2D eigenvalue weighted by Crippen LogP contribution is 2.28. The number of halogens is 3. The van der Waals surface area contributed by atoms with Gasteiger partial charge in [-0.2, -0.15) is 0 Å². The summed E-state index contributed by atoms with van der Waals surface area (Å²) in [5.74, 6) is -1.41. The molecular formula is C14H7ClFIN2O2. The van der Waals surface area contributed by atoms with Crippen LogP contribution in [0.1, 0.15) is 10.4 Å². The summed E-state index contributed by atoms with van der Waals surface area (Å²) in [5.41, 5.74) is 1.07. The Hall–Kier alpha value is -1.67. The molecule has 0 fully saturated rings. The van der Waals surface area contributed by atoms with Gasteiger partial charge in [0.25, 0.3) is 0 Å². The molecule has 2 N–H and O–H groups in total. The zero-order valence-corrected chi connectivity index (χ0v) is 13.2. The number of hydrogen-bond donors (Lipinski definition) is 2. The second-order valence-electron chi connectivity index (χ2n) is 4.37. The normalized spacial score (nSPS) is 11.0. The summed E-state index contributed by atoms with van der Waals surface area (Å²) in [5, 5.41) is 9.69. The van der Waals surface area contributed by atoms with Crippen LogP contribution in [0, 0.1) is 9.39 Å². The van der Waals surface area contributed by atoms with Gasteiger partial charge in [0.1, 0.15) is 17.2 Å². The number of fused-ring (bicyclic) bond motifs is 1. The number of H-pyrrole nitrogens is 1. The van der Waals surface area contributed by atoms with Gasteiger partial charge in [-0.1, -0.05) is 17.7 Å². The van der Waals surface area contributed by atoms with E-state index in [1.807, 2.05) is 12.1 Å². The molecule has 3 aromatic rings. The van der Waals surface area contributed by atoms with Gasteiger partial charge in [-0.05, 0) is 46.9 Å². The van der Waals surface area contributed by atoms with Gasteiger partial charge in [0.15, 0.2) is 0 Å². The maximum atomic E-state index is 13.5. The fraction of sp³-hybridized carbons (Fsp3) is 0. The standard InChI is InChI=1S/C14H7ClFIN2O2/c15-9-3-6(1-2-10(9)17)13-18-11-5-7(16)4-8(14(20)21)12(11)19-13/h1-5H,(H,18,19)(H,20,21). The first kappa shape index (κ1) is 14.3. The van der Waals surface area contributed by atoms with Gasteiger partial charge in [-0.15, -0.1) is 0 Å². The number of nitrogens with one attached hydrogen (secondary N) is 1. The lowest BCUT2D eigenvalue weighted by atomic mass is 10.2. The summed E-state index contributed by atoms with van der Waals surface area (Å²) in [6, 6.07) is 7.52. The summed E-state index contributed by atoms with van der Waals surface area (Å²) >= 11 is 8.17. The van der Waals surface area contributed by atoms with E-state index in [9.17, 15) is 9.18 Å². The van der Waals surface area contributed by atoms with Crippen molar-refractivity contribution in [1.82, 2.24) is 9.97 Å². The predicted molar refractivity (Wildman–Crippen MR) is 86.2 cm³/mol. The first-order valence-corrected chi connectivity index (χ1v) is 7.29.